The highest BCUT2D eigenvalue weighted by Crippen LogP contribution is 2.38. The molecule has 0 spiro atoms. The van der Waals surface area contributed by atoms with E-state index in [-0.39, 0.29) is 0 Å². The van der Waals surface area contributed by atoms with Crippen LogP contribution in [0.5, 0.6) is 0 Å². The quantitative estimate of drug-likeness (QED) is 0.670. The van der Waals surface area contributed by atoms with Gasteiger partial charge in [-0.05, 0) is 48.8 Å². The van der Waals surface area contributed by atoms with E-state index in [1.807, 2.05) is 0 Å². The Morgan fingerprint density at radius 3 is 2.35 bits per heavy atom. The summed E-state index contributed by atoms with van der Waals surface area (Å²) in [5, 5.41) is 0. The second-order valence-electron chi connectivity index (χ2n) is 6.37. The fraction of sp³-hybridized carbons (Fsp3) is 0.421. The summed E-state index contributed by atoms with van der Waals surface area (Å²) in [7, 11) is 2.17. The third kappa shape index (κ3) is 2.15. The topological polar surface area (TPSA) is 3.88 Å². The number of aromatic nitrogens is 1. The third-order valence-electron chi connectivity index (χ3n) is 4.85. The van der Waals surface area contributed by atoms with Gasteiger partial charge in [-0.2, -0.15) is 0 Å². The van der Waals surface area contributed by atoms with Crippen molar-refractivity contribution in [1.29, 1.82) is 0 Å². The van der Waals surface area contributed by atoms with Gasteiger partial charge in [0.15, 0.2) is 6.20 Å². The van der Waals surface area contributed by atoms with E-state index in [1.165, 1.54) is 29.7 Å². The molecule has 1 aliphatic carbocycles. The van der Waals surface area contributed by atoms with E-state index in [0.29, 0.717) is 11.8 Å². The van der Waals surface area contributed by atoms with Gasteiger partial charge in [0, 0.05) is 17.2 Å². The van der Waals surface area contributed by atoms with Crippen molar-refractivity contribution in [2.75, 3.05) is 0 Å². The number of aryl methyl sites for hydroxylation is 2. The largest absolute Gasteiger partial charge is 0.212 e. The maximum Gasteiger partial charge on any atom is 0.212 e. The van der Waals surface area contributed by atoms with Gasteiger partial charge in [-0.15, -0.1) is 0 Å². The molecule has 104 valence electrons. The molecule has 0 fully saturated rings. The highest BCUT2D eigenvalue weighted by molar-refractivity contribution is 5.62. The van der Waals surface area contributed by atoms with Crippen LogP contribution in [0, 0.1) is 6.92 Å². The van der Waals surface area contributed by atoms with Crippen molar-refractivity contribution in [3.63, 3.8) is 0 Å². The van der Waals surface area contributed by atoms with Crippen LogP contribution in [-0.4, -0.2) is 0 Å². The standard InChI is InChI=1S/C19H24N/c1-13-7-5-6-8-16(13)19-11-17-14(2)9-10-15(3)18(17)12-20(19)4/h5-8,11-12,14-15H,9-10H2,1-4H3/q+1. The van der Waals surface area contributed by atoms with Crippen molar-refractivity contribution in [2.45, 2.75) is 45.4 Å². The minimum atomic E-state index is 0.685. The zero-order valence-electron chi connectivity index (χ0n) is 13.0. The van der Waals surface area contributed by atoms with Crippen LogP contribution in [0.25, 0.3) is 11.3 Å². The van der Waals surface area contributed by atoms with Gasteiger partial charge >= 0.3 is 0 Å². The summed E-state index contributed by atoms with van der Waals surface area (Å²) in [6.45, 7) is 6.92. The second-order valence-corrected chi connectivity index (χ2v) is 6.37. The number of rotatable bonds is 1. The van der Waals surface area contributed by atoms with Crippen molar-refractivity contribution in [2.24, 2.45) is 7.05 Å². The van der Waals surface area contributed by atoms with E-state index in [0.717, 1.165) is 0 Å². The van der Waals surface area contributed by atoms with Crippen molar-refractivity contribution >= 4 is 0 Å². The van der Waals surface area contributed by atoms with Crippen LogP contribution in [-0.2, 0) is 7.05 Å². The summed E-state index contributed by atoms with van der Waals surface area (Å²) in [6.07, 6.45) is 4.99. The van der Waals surface area contributed by atoms with Crippen LogP contribution in [0.3, 0.4) is 0 Å². The first-order valence-corrected chi connectivity index (χ1v) is 7.67. The van der Waals surface area contributed by atoms with Crippen molar-refractivity contribution < 1.29 is 4.57 Å². The van der Waals surface area contributed by atoms with Crippen LogP contribution in [0.2, 0.25) is 0 Å². The smallest absolute Gasteiger partial charge is 0.201 e. The van der Waals surface area contributed by atoms with E-state index in [4.69, 9.17) is 0 Å². The number of fused-ring (bicyclic) bond motifs is 1. The van der Waals surface area contributed by atoms with Gasteiger partial charge in [0.1, 0.15) is 7.05 Å². The molecule has 1 heteroatoms. The molecule has 1 heterocycles. The molecule has 20 heavy (non-hydrogen) atoms. The first kappa shape index (κ1) is 13.4. The highest BCUT2D eigenvalue weighted by Gasteiger charge is 2.27. The molecule has 1 nitrogen and oxygen atoms in total. The molecule has 1 aromatic carbocycles. The van der Waals surface area contributed by atoms with Gasteiger partial charge in [-0.1, -0.05) is 32.0 Å². The predicted molar refractivity (Wildman–Crippen MR) is 83.9 cm³/mol. The summed E-state index contributed by atoms with van der Waals surface area (Å²) >= 11 is 0. The Morgan fingerprint density at radius 1 is 1.00 bits per heavy atom. The van der Waals surface area contributed by atoms with E-state index < -0.39 is 0 Å². The van der Waals surface area contributed by atoms with Gasteiger partial charge in [0.05, 0.1) is 0 Å². The molecule has 0 N–H and O–H groups in total. The summed E-state index contributed by atoms with van der Waals surface area (Å²) < 4.78 is 2.30. The molecule has 2 atom stereocenters. The van der Waals surface area contributed by atoms with Crippen LogP contribution < -0.4 is 4.57 Å². The summed E-state index contributed by atoms with van der Waals surface area (Å²) in [6, 6.07) is 11.1. The number of hydrogen-bond donors (Lipinski definition) is 0. The normalized spacial score (nSPS) is 21.6. The van der Waals surface area contributed by atoms with Gasteiger partial charge in [0.25, 0.3) is 0 Å². The summed E-state index contributed by atoms with van der Waals surface area (Å²) in [5.74, 6) is 1.38. The van der Waals surface area contributed by atoms with Crippen LogP contribution >= 0.6 is 0 Å². The molecule has 0 bridgehead atoms. The SMILES string of the molecule is Cc1ccccc1-c1cc2c(c[n+]1C)C(C)CCC2C. The third-order valence-corrected chi connectivity index (χ3v) is 4.85. The van der Waals surface area contributed by atoms with E-state index in [2.05, 4.69) is 68.9 Å². The molecule has 1 aromatic heterocycles. The maximum absolute atomic E-state index is 2.43. The Balaban J connectivity index is 2.19. The Morgan fingerprint density at radius 2 is 1.65 bits per heavy atom. The zero-order chi connectivity index (χ0) is 14.3. The van der Waals surface area contributed by atoms with E-state index in [9.17, 15) is 0 Å². The lowest BCUT2D eigenvalue weighted by molar-refractivity contribution is -0.661. The monoisotopic (exact) mass is 266 g/mol. The summed E-state index contributed by atoms with van der Waals surface area (Å²) in [4.78, 5) is 0. The average molecular weight is 266 g/mol. The lowest BCUT2D eigenvalue weighted by Crippen LogP contribution is -2.33. The molecule has 2 aromatic rings. The van der Waals surface area contributed by atoms with Gasteiger partial charge in [-0.3, -0.25) is 0 Å². The number of pyridine rings is 1. The maximum atomic E-state index is 2.43. The fourth-order valence-corrected chi connectivity index (χ4v) is 3.46. The number of benzene rings is 1. The molecule has 3 rings (SSSR count). The van der Waals surface area contributed by atoms with Gasteiger partial charge in [0.2, 0.25) is 5.69 Å². The summed E-state index contributed by atoms with van der Waals surface area (Å²) in [5.41, 5.74) is 7.13. The first-order valence-electron chi connectivity index (χ1n) is 7.67. The van der Waals surface area contributed by atoms with Crippen molar-refractivity contribution in [3.8, 4) is 11.3 Å². The molecule has 0 aliphatic heterocycles. The average Bonchev–Trinajstić information content (AvgIpc) is 2.44. The number of nitrogens with zero attached hydrogens (tertiary/aromatic N) is 1. The molecule has 0 saturated heterocycles. The van der Waals surface area contributed by atoms with Crippen LogP contribution in [0.1, 0.15) is 55.2 Å². The Kier molecular flexibility index (Phi) is 3.37. The van der Waals surface area contributed by atoms with E-state index >= 15 is 0 Å². The van der Waals surface area contributed by atoms with Crippen molar-refractivity contribution in [3.05, 3.63) is 53.2 Å². The van der Waals surface area contributed by atoms with Gasteiger partial charge < -0.3 is 0 Å². The van der Waals surface area contributed by atoms with E-state index in [1.54, 1.807) is 11.1 Å². The molecule has 0 amide bonds. The second kappa shape index (κ2) is 5.05. The molecule has 1 aliphatic rings. The Hall–Kier alpha value is -1.63. The molecule has 0 radical (unpaired) electrons. The van der Waals surface area contributed by atoms with Crippen molar-refractivity contribution in [1.82, 2.24) is 0 Å². The Labute approximate surface area is 122 Å². The lowest BCUT2D eigenvalue weighted by Gasteiger charge is -2.26. The van der Waals surface area contributed by atoms with Crippen LogP contribution in [0.15, 0.2) is 36.5 Å². The minimum absolute atomic E-state index is 0.685. The molecular weight excluding hydrogens is 242 g/mol. The fourth-order valence-electron chi connectivity index (χ4n) is 3.46. The zero-order valence-corrected chi connectivity index (χ0v) is 13.0. The van der Waals surface area contributed by atoms with Gasteiger partial charge in [-0.25, -0.2) is 4.57 Å². The van der Waals surface area contributed by atoms with Crippen LogP contribution in [0.4, 0.5) is 0 Å². The Bertz CT molecular complexity index is 642. The predicted octanol–water partition coefficient (Wildman–Crippen LogP) is 4.49. The molecule has 0 saturated carbocycles. The minimum Gasteiger partial charge on any atom is -0.201 e. The molecule has 2 unspecified atom stereocenters. The lowest BCUT2D eigenvalue weighted by atomic mass is 9.78. The number of hydrogen-bond acceptors (Lipinski definition) is 0. The molecular formula is C19H24N+. The highest BCUT2D eigenvalue weighted by atomic mass is 14.9. The first-order chi connectivity index (χ1) is 9.58.